The first-order chi connectivity index (χ1) is 15.8. The second kappa shape index (κ2) is 9.14. The topological polar surface area (TPSA) is 70.1 Å². The molecule has 1 saturated heterocycles. The zero-order chi connectivity index (χ0) is 23.6. The lowest BCUT2D eigenvalue weighted by molar-refractivity contribution is -0.111. The van der Waals surface area contributed by atoms with Crippen LogP contribution in [0.2, 0.25) is 5.02 Å². The summed E-state index contributed by atoms with van der Waals surface area (Å²) in [6.45, 7) is 4.29. The van der Waals surface area contributed by atoms with Gasteiger partial charge in [0.05, 0.1) is 27.5 Å². The Hall–Kier alpha value is -3.54. The van der Waals surface area contributed by atoms with Crippen molar-refractivity contribution < 1.29 is 13.6 Å². The standard InChI is InChI=1S/C24H20ClF2N5O/c1-3-21(33)30-19-12-16-20(11-15(19)7-8-24(27)9-10-32(2)13-24)28-14-29-23(16)31-18-6-4-5-17(25)22(18)26/h3-6,11-12,14H,1,9-10,13H2,2H3,(H,30,33)(H,28,29,31). The van der Waals surface area contributed by atoms with Crippen LogP contribution in [-0.2, 0) is 4.79 Å². The molecule has 168 valence electrons. The second-order valence-electron chi connectivity index (χ2n) is 7.76. The minimum absolute atomic E-state index is 0.0347. The Morgan fingerprint density at radius 2 is 2.15 bits per heavy atom. The van der Waals surface area contributed by atoms with Crippen LogP contribution in [0.25, 0.3) is 10.9 Å². The van der Waals surface area contributed by atoms with Gasteiger partial charge in [-0.05, 0) is 37.4 Å². The minimum Gasteiger partial charge on any atom is -0.337 e. The van der Waals surface area contributed by atoms with E-state index in [2.05, 4.69) is 39.0 Å². The molecular formula is C24H20ClF2N5O. The highest BCUT2D eigenvalue weighted by Gasteiger charge is 2.34. The minimum atomic E-state index is -1.63. The molecule has 2 aromatic carbocycles. The predicted molar refractivity (Wildman–Crippen MR) is 126 cm³/mol. The molecule has 0 aliphatic carbocycles. The number of amides is 1. The summed E-state index contributed by atoms with van der Waals surface area (Å²) in [5.74, 6) is 4.80. The first-order valence-corrected chi connectivity index (χ1v) is 10.5. The van der Waals surface area contributed by atoms with Crippen LogP contribution in [0.5, 0.6) is 0 Å². The van der Waals surface area contributed by atoms with E-state index in [1.54, 1.807) is 18.2 Å². The number of aromatic nitrogens is 2. The van der Waals surface area contributed by atoms with Crippen molar-refractivity contribution in [1.29, 1.82) is 0 Å². The molecule has 1 aliphatic rings. The average Bonchev–Trinajstić information content (AvgIpc) is 3.14. The van der Waals surface area contributed by atoms with Crippen LogP contribution in [0.15, 0.2) is 49.3 Å². The van der Waals surface area contributed by atoms with Gasteiger partial charge in [-0.1, -0.05) is 36.1 Å². The number of anilines is 3. The van der Waals surface area contributed by atoms with Crippen molar-refractivity contribution in [3.8, 4) is 11.8 Å². The Bertz CT molecular complexity index is 1320. The summed E-state index contributed by atoms with van der Waals surface area (Å²) in [5.41, 5.74) is -0.298. The van der Waals surface area contributed by atoms with E-state index in [1.807, 2.05) is 11.9 Å². The zero-order valence-electron chi connectivity index (χ0n) is 17.8. The van der Waals surface area contributed by atoms with Crippen LogP contribution >= 0.6 is 11.6 Å². The van der Waals surface area contributed by atoms with E-state index in [4.69, 9.17) is 11.6 Å². The average molecular weight is 468 g/mol. The highest BCUT2D eigenvalue weighted by molar-refractivity contribution is 6.31. The van der Waals surface area contributed by atoms with E-state index in [1.165, 1.54) is 18.5 Å². The molecular weight excluding hydrogens is 448 g/mol. The SMILES string of the molecule is C=CC(=O)Nc1cc2c(Nc3cccc(Cl)c3F)ncnc2cc1C#CC1(F)CCN(C)C1. The molecule has 1 aliphatic heterocycles. The van der Waals surface area contributed by atoms with Crippen LogP contribution in [0.1, 0.15) is 12.0 Å². The van der Waals surface area contributed by atoms with Crippen LogP contribution in [0.3, 0.4) is 0 Å². The summed E-state index contributed by atoms with van der Waals surface area (Å²) in [7, 11) is 1.84. The number of rotatable bonds is 4. The smallest absolute Gasteiger partial charge is 0.247 e. The Morgan fingerprint density at radius 1 is 1.33 bits per heavy atom. The summed E-state index contributed by atoms with van der Waals surface area (Å²) < 4.78 is 29.4. The van der Waals surface area contributed by atoms with Gasteiger partial charge in [-0.25, -0.2) is 18.7 Å². The number of carbonyl (C=O) groups excluding carboxylic acids is 1. The van der Waals surface area contributed by atoms with Gasteiger partial charge in [0.15, 0.2) is 11.5 Å². The van der Waals surface area contributed by atoms with Gasteiger partial charge in [-0.15, -0.1) is 0 Å². The maximum atomic E-state index is 15.0. The van der Waals surface area contributed by atoms with E-state index in [-0.39, 0.29) is 17.3 Å². The number of likely N-dealkylation sites (tertiary alicyclic amines) is 1. The summed E-state index contributed by atoms with van der Waals surface area (Å²) >= 11 is 5.87. The van der Waals surface area contributed by atoms with Crippen molar-refractivity contribution in [3.05, 3.63) is 65.7 Å². The Labute approximate surface area is 194 Å². The molecule has 4 rings (SSSR count). The van der Waals surface area contributed by atoms with Gasteiger partial charge < -0.3 is 15.5 Å². The van der Waals surface area contributed by atoms with E-state index in [0.717, 1.165) is 6.08 Å². The van der Waals surface area contributed by atoms with Gasteiger partial charge in [0.25, 0.3) is 0 Å². The summed E-state index contributed by atoms with van der Waals surface area (Å²) in [6, 6.07) is 7.80. The molecule has 33 heavy (non-hydrogen) atoms. The molecule has 0 radical (unpaired) electrons. The van der Waals surface area contributed by atoms with Crippen LogP contribution in [0.4, 0.5) is 26.0 Å². The second-order valence-corrected chi connectivity index (χ2v) is 8.17. The number of halogens is 3. The molecule has 0 spiro atoms. The van der Waals surface area contributed by atoms with Gasteiger partial charge in [-0.3, -0.25) is 4.79 Å². The molecule has 0 bridgehead atoms. The molecule has 6 nitrogen and oxygen atoms in total. The third-order valence-electron chi connectivity index (χ3n) is 5.25. The largest absolute Gasteiger partial charge is 0.337 e. The highest BCUT2D eigenvalue weighted by Crippen LogP contribution is 2.31. The van der Waals surface area contributed by atoms with Gasteiger partial charge >= 0.3 is 0 Å². The fraction of sp³-hybridized carbons (Fsp3) is 0.208. The molecule has 2 N–H and O–H groups in total. The first-order valence-electron chi connectivity index (χ1n) is 10.1. The maximum Gasteiger partial charge on any atom is 0.247 e. The van der Waals surface area contributed by atoms with E-state index in [9.17, 15) is 13.6 Å². The number of nitrogens with zero attached hydrogens (tertiary/aromatic N) is 3. The molecule has 1 aromatic heterocycles. The molecule has 3 aromatic rings. The van der Waals surface area contributed by atoms with Gasteiger partial charge in [0.1, 0.15) is 12.1 Å². The van der Waals surface area contributed by atoms with Gasteiger partial charge in [0.2, 0.25) is 5.91 Å². The van der Waals surface area contributed by atoms with Crippen molar-refractivity contribution in [2.45, 2.75) is 12.1 Å². The van der Waals surface area contributed by atoms with Crippen LogP contribution in [0, 0.1) is 17.7 Å². The summed E-state index contributed by atoms with van der Waals surface area (Å²) in [5, 5.41) is 6.07. The first kappa shape index (κ1) is 22.6. The fourth-order valence-electron chi connectivity index (χ4n) is 3.56. The molecule has 1 fully saturated rings. The number of hydrogen-bond donors (Lipinski definition) is 2. The molecule has 0 saturated carbocycles. The molecule has 1 amide bonds. The summed E-state index contributed by atoms with van der Waals surface area (Å²) in [6.07, 6.45) is 2.74. The van der Waals surface area contributed by atoms with Crippen LogP contribution in [-0.4, -0.2) is 46.6 Å². The lowest BCUT2D eigenvalue weighted by atomic mass is 10.0. The third-order valence-corrected chi connectivity index (χ3v) is 5.55. The number of nitrogens with one attached hydrogen (secondary N) is 2. The number of carbonyl (C=O) groups is 1. The number of alkyl halides is 1. The van der Waals surface area contributed by atoms with Crippen molar-refractivity contribution in [3.63, 3.8) is 0 Å². The van der Waals surface area contributed by atoms with E-state index < -0.39 is 17.4 Å². The number of fused-ring (bicyclic) bond motifs is 1. The van der Waals surface area contributed by atoms with Gasteiger partial charge in [0, 0.05) is 24.9 Å². The van der Waals surface area contributed by atoms with Gasteiger partial charge in [-0.2, -0.15) is 0 Å². The van der Waals surface area contributed by atoms with E-state index in [0.29, 0.717) is 40.9 Å². The number of benzene rings is 2. The predicted octanol–water partition coefficient (Wildman–Crippen LogP) is 4.69. The Morgan fingerprint density at radius 3 is 2.88 bits per heavy atom. The van der Waals surface area contributed by atoms with Crippen LogP contribution < -0.4 is 10.6 Å². The van der Waals surface area contributed by atoms with E-state index >= 15 is 0 Å². The molecule has 1 atom stereocenters. The zero-order valence-corrected chi connectivity index (χ0v) is 18.5. The Kier molecular flexibility index (Phi) is 6.27. The fourth-order valence-corrected chi connectivity index (χ4v) is 3.73. The lowest BCUT2D eigenvalue weighted by Crippen LogP contribution is -2.25. The molecule has 9 heteroatoms. The molecule has 1 unspecified atom stereocenters. The number of hydrogen-bond acceptors (Lipinski definition) is 5. The van der Waals surface area contributed by atoms with Crippen molar-refractivity contribution in [1.82, 2.24) is 14.9 Å². The highest BCUT2D eigenvalue weighted by atomic mass is 35.5. The lowest BCUT2D eigenvalue weighted by Gasteiger charge is -2.13. The Balaban J connectivity index is 1.79. The van der Waals surface area contributed by atoms with Crippen molar-refractivity contribution >= 4 is 45.6 Å². The summed E-state index contributed by atoms with van der Waals surface area (Å²) in [4.78, 5) is 22.4. The third kappa shape index (κ3) is 4.95. The molecule has 2 heterocycles. The van der Waals surface area contributed by atoms with Crippen molar-refractivity contribution in [2.24, 2.45) is 0 Å². The quantitative estimate of drug-likeness (QED) is 0.430. The normalized spacial score (nSPS) is 17.9. The van der Waals surface area contributed by atoms with Crippen molar-refractivity contribution in [2.75, 3.05) is 30.8 Å². The monoisotopic (exact) mass is 467 g/mol. The maximum absolute atomic E-state index is 15.0.